The summed E-state index contributed by atoms with van der Waals surface area (Å²) in [6, 6.07) is 0. The SMILES string of the molecule is COC(=O)CCC[C@@H](/C=C\C=C\Br)O[Si](C)(C)C(C)(C)C. The minimum absolute atomic E-state index is 0.0410. The van der Waals surface area contributed by atoms with Gasteiger partial charge in [0.05, 0.1) is 13.2 Å². The van der Waals surface area contributed by atoms with E-state index in [9.17, 15) is 4.79 Å². The normalized spacial score (nSPS) is 14.8. The second-order valence-electron chi connectivity index (χ2n) is 6.59. The van der Waals surface area contributed by atoms with Gasteiger partial charge < -0.3 is 9.16 Å². The molecule has 122 valence electrons. The van der Waals surface area contributed by atoms with E-state index >= 15 is 0 Å². The zero-order valence-corrected chi connectivity index (χ0v) is 16.7. The number of esters is 1. The Balaban J connectivity index is 4.70. The van der Waals surface area contributed by atoms with Gasteiger partial charge in [0.1, 0.15) is 0 Å². The smallest absolute Gasteiger partial charge is 0.305 e. The molecule has 0 fully saturated rings. The zero-order valence-electron chi connectivity index (χ0n) is 14.1. The number of halogens is 1. The molecule has 0 saturated heterocycles. The standard InChI is InChI=1S/C16H29BrO3Si/c1-16(2,3)21(5,6)20-14(10-7-8-13-17)11-9-12-15(18)19-4/h7-8,10,13-14H,9,11-12H2,1-6H3/b10-7-,13-8+/t14-/m1/s1. The van der Waals surface area contributed by atoms with Crippen LogP contribution >= 0.6 is 15.9 Å². The predicted octanol–water partition coefficient (Wildman–Crippen LogP) is 5.18. The lowest BCUT2D eigenvalue weighted by molar-refractivity contribution is -0.140. The molecule has 0 aliphatic rings. The summed E-state index contributed by atoms with van der Waals surface area (Å²) >= 11 is 3.25. The second kappa shape index (κ2) is 9.59. The molecule has 0 amide bonds. The number of carbonyl (C=O) groups excluding carboxylic acids is 1. The van der Waals surface area contributed by atoms with E-state index < -0.39 is 8.32 Å². The molecule has 0 aliphatic heterocycles. The maximum Gasteiger partial charge on any atom is 0.305 e. The first-order valence-corrected chi connectivity index (χ1v) is 11.1. The molecule has 0 bridgehead atoms. The van der Waals surface area contributed by atoms with Gasteiger partial charge in [0.15, 0.2) is 8.32 Å². The summed E-state index contributed by atoms with van der Waals surface area (Å²) in [5, 5.41) is 0.173. The van der Waals surface area contributed by atoms with Crippen molar-refractivity contribution in [3.8, 4) is 0 Å². The molecule has 0 aromatic carbocycles. The largest absolute Gasteiger partial charge is 0.469 e. The average Bonchev–Trinajstić information content (AvgIpc) is 2.36. The number of ether oxygens (including phenoxy) is 1. The lowest BCUT2D eigenvalue weighted by Gasteiger charge is -2.38. The summed E-state index contributed by atoms with van der Waals surface area (Å²) in [4.78, 5) is 13.0. The third-order valence-corrected chi connectivity index (χ3v) is 8.67. The van der Waals surface area contributed by atoms with Crippen molar-refractivity contribution < 1.29 is 14.0 Å². The lowest BCUT2D eigenvalue weighted by Crippen LogP contribution is -2.43. The van der Waals surface area contributed by atoms with Crippen molar-refractivity contribution in [3.63, 3.8) is 0 Å². The Bertz CT molecular complexity index is 370. The van der Waals surface area contributed by atoms with Crippen LogP contribution < -0.4 is 0 Å². The molecule has 5 heteroatoms. The Labute approximate surface area is 139 Å². The lowest BCUT2D eigenvalue weighted by atomic mass is 10.1. The Hall–Kier alpha value is -0.393. The Morgan fingerprint density at radius 3 is 2.38 bits per heavy atom. The van der Waals surface area contributed by atoms with Crippen LogP contribution in [0.15, 0.2) is 23.2 Å². The maximum atomic E-state index is 11.2. The van der Waals surface area contributed by atoms with Crippen LogP contribution in [0.3, 0.4) is 0 Å². The third kappa shape index (κ3) is 8.59. The van der Waals surface area contributed by atoms with Crippen LogP contribution in [0.4, 0.5) is 0 Å². The molecule has 3 nitrogen and oxygen atoms in total. The number of carbonyl (C=O) groups is 1. The van der Waals surface area contributed by atoms with Crippen LogP contribution in [-0.4, -0.2) is 27.5 Å². The molecule has 0 radical (unpaired) electrons. The van der Waals surface area contributed by atoms with Crippen LogP contribution in [0.1, 0.15) is 40.0 Å². The molecule has 0 aromatic heterocycles. The summed E-state index contributed by atoms with van der Waals surface area (Å²) in [5.41, 5.74) is 0. The van der Waals surface area contributed by atoms with Gasteiger partial charge in [-0.05, 0) is 36.0 Å². The quantitative estimate of drug-likeness (QED) is 0.332. The Kier molecular flexibility index (Phi) is 9.41. The van der Waals surface area contributed by atoms with Crippen molar-refractivity contribution in [2.45, 2.75) is 64.3 Å². The summed E-state index contributed by atoms with van der Waals surface area (Å²) in [6.45, 7) is 11.2. The molecule has 0 spiro atoms. The van der Waals surface area contributed by atoms with Crippen LogP contribution in [0.5, 0.6) is 0 Å². The third-order valence-electron chi connectivity index (χ3n) is 3.86. The van der Waals surface area contributed by atoms with Gasteiger partial charge in [-0.3, -0.25) is 4.79 Å². The van der Waals surface area contributed by atoms with Crippen LogP contribution in [0.25, 0.3) is 0 Å². The fourth-order valence-corrected chi connectivity index (χ4v) is 3.01. The molecule has 0 saturated carbocycles. The van der Waals surface area contributed by atoms with Crippen LogP contribution in [-0.2, 0) is 14.0 Å². The molecule has 0 unspecified atom stereocenters. The average molecular weight is 377 g/mol. The molecular weight excluding hydrogens is 348 g/mol. The fourth-order valence-electron chi connectivity index (χ4n) is 1.53. The van der Waals surface area contributed by atoms with E-state index in [1.165, 1.54) is 7.11 Å². The zero-order chi connectivity index (χ0) is 16.5. The van der Waals surface area contributed by atoms with Crippen molar-refractivity contribution in [3.05, 3.63) is 23.2 Å². The first-order valence-electron chi connectivity index (χ1n) is 7.32. The first kappa shape index (κ1) is 20.6. The highest BCUT2D eigenvalue weighted by Crippen LogP contribution is 2.37. The van der Waals surface area contributed by atoms with Crippen LogP contribution in [0, 0.1) is 0 Å². The molecular formula is C16H29BrO3Si. The van der Waals surface area contributed by atoms with Gasteiger partial charge in [-0.1, -0.05) is 54.9 Å². The topological polar surface area (TPSA) is 35.5 Å². The van der Waals surface area contributed by atoms with E-state index in [4.69, 9.17) is 4.43 Å². The summed E-state index contributed by atoms with van der Waals surface area (Å²) < 4.78 is 11.1. The van der Waals surface area contributed by atoms with E-state index in [0.717, 1.165) is 12.8 Å². The van der Waals surface area contributed by atoms with Crippen molar-refractivity contribution in [1.82, 2.24) is 0 Å². The minimum atomic E-state index is -1.82. The highest BCUT2D eigenvalue weighted by atomic mass is 79.9. The van der Waals surface area contributed by atoms with Crippen molar-refractivity contribution in [1.29, 1.82) is 0 Å². The molecule has 1 atom stereocenters. The van der Waals surface area contributed by atoms with Crippen molar-refractivity contribution >= 4 is 30.2 Å². The van der Waals surface area contributed by atoms with Crippen molar-refractivity contribution in [2.24, 2.45) is 0 Å². The highest BCUT2D eigenvalue weighted by molar-refractivity contribution is 9.11. The van der Waals surface area contributed by atoms with Crippen LogP contribution in [0.2, 0.25) is 18.1 Å². The molecule has 0 heterocycles. The van der Waals surface area contributed by atoms with Gasteiger partial charge in [0.25, 0.3) is 0 Å². The molecule has 0 aromatic rings. The van der Waals surface area contributed by atoms with Gasteiger partial charge in [-0.2, -0.15) is 0 Å². The van der Waals surface area contributed by atoms with Gasteiger partial charge in [0.2, 0.25) is 0 Å². The monoisotopic (exact) mass is 376 g/mol. The van der Waals surface area contributed by atoms with E-state index in [2.05, 4.69) is 60.6 Å². The minimum Gasteiger partial charge on any atom is -0.469 e. The Morgan fingerprint density at radius 2 is 1.90 bits per heavy atom. The van der Waals surface area contributed by atoms with E-state index in [-0.39, 0.29) is 17.1 Å². The number of rotatable bonds is 8. The number of hydrogen-bond acceptors (Lipinski definition) is 3. The predicted molar refractivity (Wildman–Crippen MR) is 95.1 cm³/mol. The van der Waals surface area contributed by atoms with Gasteiger partial charge in [0, 0.05) is 6.42 Å². The summed E-state index contributed by atoms with van der Waals surface area (Å²) in [6.07, 6.45) is 8.04. The van der Waals surface area contributed by atoms with Gasteiger partial charge in [-0.15, -0.1) is 0 Å². The highest BCUT2D eigenvalue weighted by Gasteiger charge is 2.38. The number of allylic oxidation sites excluding steroid dienone is 2. The molecule has 0 aliphatic carbocycles. The maximum absolute atomic E-state index is 11.2. The van der Waals surface area contributed by atoms with E-state index in [0.29, 0.717) is 6.42 Å². The molecule has 21 heavy (non-hydrogen) atoms. The van der Waals surface area contributed by atoms with E-state index in [1.807, 2.05) is 12.2 Å². The van der Waals surface area contributed by atoms with Crippen molar-refractivity contribution in [2.75, 3.05) is 7.11 Å². The number of hydrogen-bond donors (Lipinski definition) is 0. The number of methoxy groups -OCH3 is 1. The fraction of sp³-hybridized carbons (Fsp3) is 0.688. The summed E-state index contributed by atoms with van der Waals surface area (Å²) in [5.74, 6) is -0.162. The van der Waals surface area contributed by atoms with Gasteiger partial charge >= 0.3 is 5.97 Å². The molecule has 0 rings (SSSR count). The first-order chi connectivity index (χ1) is 9.64. The van der Waals surface area contributed by atoms with E-state index in [1.54, 1.807) is 4.99 Å². The van der Waals surface area contributed by atoms with Gasteiger partial charge in [-0.25, -0.2) is 0 Å². The summed E-state index contributed by atoms with van der Waals surface area (Å²) in [7, 11) is -0.394. The second-order valence-corrected chi connectivity index (χ2v) is 11.9. The molecule has 0 N–H and O–H groups in total. The Morgan fingerprint density at radius 1 is 1.29 bits per heavy atom.